The summed E-state index contributed by atoms with van der Waals surface area (Å²) in [4.78, 5) is 0. The van der Waals surface area contributed by atoms with Crippen LogP contribution in [0.3, 0.4) is 0 Å². The van der Waals surface area contributed by atoms with Crippen molar-refractivity contribution in [1.82, 2.24) is 5.32 Å². The lowest BCUT2D eigenvalue weighted by atomic mass is 10.1. The molecule has 0 atom stereocenters. The van der Waals surface area contributed by atoms with Crippen LogP contribution in [0.25, 0.3) is 0 Å². The average molecular weight is 251 g/mol. The van der Waals surface area contributed by atoms with Gasteiger partial charge in [0, 0.05) is 12.6 Å². The van der Waals surface area contributed by atoms with Gasteiger partial charge in [-0.05, 0) is 30.5 Å². The van der Waals surface area contributed by atoms with E-state index in [4.69, 9.17) is 9.47 Å². The van der Waals surface area contributed by atoms with Crippen molar-refractivity contribution >= 4 is 0 Å². The zero-order valence-corrected chi connectivity index (χ0v) is 12.0. The molecule has 3 nitrogen and oxygen atoms in total. The van der Waals surface area contributed by atoms with E-state index in [1.54, 1.807) is 7.11 Å². The molecule has 0 saturated heterocycles. The molecule has 0 spiro atoms. The van der Waals surface area contributed by atoms with Crippen LogP contribution < -0.4 is 10.1 Å². The molecule has 1 aromatic rings. The van der Waals surface area contributed by atoms with E-state index in [9.17, 15) is 0 Å². The number of hydrogen-bond donors (Lipinski definition) is 1. The molecule has 1 rings (SSSR count). The zero-order valence-electron chi connectivity index (χ0n) is 12.0. The number of rotatable bonds is 8. The van der Waals surface area contributed by atoms with Crippen molar-refractivity contribution in [2.45, 2.75) is 33.2 Å². The topological polar surface area (TPSA) is 30.5 Å². The summed E-state index contributed by atoms with van der Waals surface area (Å²) in [6, 6.07) is 6.80. The molecule has 0 aliphatic carbocycles. The van der Waals surface area contributed by atoms with Crippen LogP contribution in [-0.4, -0.2) is 32.9 Å². The summed E-state index contributed by atoms with van der Waals surface area (Å²) in [5.74, 6) is 0.945. The molecule has 102 valence electrons. The zero-order chi connectivity index (χ0) is 13.4. The summed E-state index contributed by atoms with van der Waals surface area (Å²) in [7, 11) is 1.70. The van der Waals surface area contributed by atoms with E-state index in [0.29, 0.717) is 6.04 Å². The second-order valence-electron chi connectivity index (χ2n) is 4.78. The molecule has 0 radical (unpaired) electrons. The van der Waals surface area contributed by atoms with Gasteiger partial charge in [-0.3, -0.25) is 0 Å². The maximum absolute atomic E-state index is 5.59. The van der Waals surface area contributed by atoms with Crippen molar-refractivity contribution in [2.75, 3.05) is 26.9 Å². The molecule has 0 heterocycles. The maximum Gasteiger partial charge on any atom is 0.121 e. The lowest BCUT2D eigenvalue weighted by Crippen LogP contribution is -2.26. The predicted octanol–water partition coefficient (Wildman–Crippen LogP) is 2.56. The molecule has 0 saturated carbocycles. The number of nitrogens with one attached hydrogen (secondary N) is 1. The lowest BCUT2D eigenvalue weighted by Gasteiger charge is -2.09. The third kappa shape index (κ3) is 5.52. The Hall–Kier alpha value is -1.06. The quantitative estimate of drug-likeness (QED) is 0.720. The Balaban J connectivity index is 2.21. The van der Waals surface area contributed by atoms with Crippen molar-refractivity contribution < 1.29 is 9.47 Å². The van der Waals surface area contributed by atoms with Crippen molar-refractivity contribution in [2.24, 2.45) is 0 Å². The third-order valence-electron chi connectivity index (χ3n) is 2.79. The first-order valence-electron chi connectivity index (χ1n) is 6.58. The van der Waals surface area contributed by atoms with Crippen molar-refractivity contribution in [3.8, 4) is 5.75 Å². The molecule has 3 heteroatoms. The molecule has 1 N–H and O–H groups in total. The van der Waals surface area contributed by atoms with Gasteiger partial charge < -0.3 is 14.8 Å². The number of methoxy groups -OCH3 is 1. The van der Waals surface area contributed by atoms with Crippen molar-refractivity contribution in [1.29, 1.82) is 0 Å². The normalized spacial score (nSPS) is 10.9. The van der Waals surface area contributed by atoms with Crippen LogP contribution in [-0.2, 0) is 11.2 Å². The SMILES string of the molecule is COc1ccc(CCOCCNC(C)C)cc1C. The van der Waals surface area contributed by atoms with Crippen LogP contribution in [0.15, 0.2) is 18.2 Å². The highest BCUT2D eigenvalue weighted by atomic mass is 16.5. The van der Waals surface area contributed by atoms with Gasteiger partial charge in [0.1, 0.15) is 5.75 Å². The molecule has 0 aliphatic heterocycles. The van der Waals surface area contributed by atoms with Gasteiger partial charge in [-0.15, -0.1) is 0 Å². The summed E-state index contributed by atoms with van der Waals surface area (Å²) in [5.41, 5.74) is 2.47. The van der Waals surface area contributed by atoms with Crippen LogP contribution in [0.2, 0.25) is 0 Å². The molecule has 1 aromatic carbocycles. The fourth-order valence-corrected chi connectivity index (χ4v) is 1.81. The highest BCUT2D eigenvalue weighted by Gasteiger charge is 2.00. The maximum atomic E-state index is 5.59. The highest BCUT2D eigenvalue weighted by molar-refractivity contribution is 5.36. The van der Waals surface area contributed by atoms with Crippen LogP contribution in [0.4, 0.5) is 0 Å². The van der Waals surface area contributed by atoms with E-state index in [-0.39, 0.29) is 0 Å². The van der Waals surface area contributed by atoms with E-state index < -0.39 is 0 Å². The largest absolute Gasteiger partial charge is 0.496 e. The third-order valence-corrected chi connectivity index (χ3v) is 2.79. The summed E-state index contributed by atoms with van der Waals surface area (Å²) in [6.07, 6.45) is 0.951. The van der Waals surface area contributed by atoms with Gasteiger partial charge in [-0.2, -0.15) is 0 Å². The molecule has 18 heavy (non-hydrogen) atoms. The molecular formula is C15H25NO2. The first-order valence-corrected chi connectivity index (χ1v) is 6.58. The smallest absolute Gasteiger partial charge is 0.121 e. The Morgan fingerprint density at radius 2 is 2.00 bits per heavy atom. The Kier molecular flexibility index (Phi) is 6.76. The number of hydrogen-bond acceptors (Lipinski definition) is 3. The molecular weight excluding hydrogens is 226 g/mol. The summed E-state index contributed by atoms with van der Waals surface area (Å²) < 4.78 is 10.8. The van der Waals surface area contributed by atoms with E-state index >= 15 is 0 Å². The van der Waals surface area contributed by atoms with Crippen molar-refractivity contribution in [3.05, 3.63) is 29.3 Å². The predicted molar refractivity (Wildman–Crippen MR) is 75.4 cm³/mol. The minimum absolute atomic E-state index is 0.526. The van der Waals surface area contributed by atoms with E-state index in [0.717, 1.165) is 31.9 Å². The number of benzene rings is 1. The number of aryl methyl sites for hydroxylation is 1. The van der Waals surface area contributed by atoms with Gasteiger partial charge >= 0.3 is 0 Å². The average Bonchev–Trinajstić information content (AvgIpc) is 2.33. The Labute approximate surface area is 110 Å². The molecule has 0 bridgehead atoms. The van der Waals surface area contributed by atoms with Gasteiger partial charge in [0.25, 0.3) is 0 Å². The van der Waals surface area contributed by atoms with Crippen LogP contribution in [0, 0.1) is 6.92 Å². The van der Waals surface area contributed by atoms with E-state index in [1.807, 2.05) is 6.07 Å². The van der Waals surface area contributed by atoms with Gasteiger partial charge in [-0.25, -0.2) is 0 Å². The molecule has 0 fully saturated rings. The summed E-state index contributed by atoms with van der Waals surface area (Å²) in [5, 5.41) is 3.33. The lowest BCUT2D eigenvalue weighted by molar-refractivity contribution is 0.137. The van der Waals surface area contributed by atoms with E-state index in [1.165, 1.54) is 11.1 Å². The second-order valence-corrected chi connectivity index (χ2v) is 4.78. The Bertz CT molecular complexity index is 350. The van der Waals surface area contributed by atoms with Crippen LogP contribution in [0.5, 0.6) is 5.75 Å². The molecule has 0 unspecified atom stereocenters. The van der Waals surface area contributed by atoms with Crippen LogP contribution >= 0.6 is 0 Å². The van der Waals surface area contributed by atoms with Gasteiger partial charge in [0.15, 0.2) is 0 Å². The molecule has 0 aromatic heterocycles. The fourth-order valence-electron chi connectivity index (χ4n) is 1.81. The minimum Gasteiger partial charge on any atom is -0.496 e. The molecule has 0 amide bonds. The fraction of sp³-hybridized carbons (Fsp3) is 0.600. The summed E-state index contributed by atoms with van der Waals surface area (Å²) in [6.45, 7) is 8.80. The minimum atomic E-state index is 0.526. The number of ether oxygens (including phenoxy) is 2. The Morgan fingerprint density at radius 1 is 1.22 bits per heavy atom. The first-order chi connectivity index (χ1) is 8.63. The molecule has 0 aliphatic rings. The Morgan fingerprint density at radius 3 is 2.61 bits per heavy atom. The first kappa shape index (κ1) is 15.0. The summed E-state index contributed by atoms with van der Waals surface area (Å²) >= 11 is 0. The van der Waals surface area contributed by atoms with Gasteiger partial charge in [0.2, 0.25) is 0 Å². The highest BCUT2D eigenvalue weighted by Crippen LogP contribution is 2.18. The van der Waals surface area contributed by atoms with E-state index in [2.05, 4.69) is 38.2 Å². The second kappa shape index (κ2) is 8.11. The van der Waals surface area contributed by atoms with Gasteiger partial charge in [-0.1, -0.05) is 26.0 Å². The van der Waals surface area contributed by atoms with Crippen molar-refractivity contribution in [3.63, 3.8) is 0 Å². The standard InChI is InChI=1S/C15H25NO2/c1-12(2)16-8-10-18-9-7-14-5-6-15(17-4)13(3)11-14/h5-6,11-12,16H,7-10H2,1-4H3. The van der Waals surface area contributed by atoms with Gasteiger partial charge in [0.05, 0.1) is 20.3 Å². The monoisotopic (exact) mass is 251 g/mol. The van der Waals surface area contributed by atoms with Crippen LogP contribution in [0.1, 0.15) is 25.0 Å².